The number of ether oxygens (including phenoxy) is 1. The lowest BCUT2D eigenvalue weighted by Crippen LogP contribution is -2.38. The first kappa shape index (κ1) is 21.4. The van der Waals surface area contributed by atoms with Gasteiger partial charge < -0.3 is 4.74 Å². The summed E-state index contributed by atoms with van der Waals surface area (Å²) in [6, 6.07) is 9.94. The van der Waals surface area contributed by atoms with Crippen LogP contribution in [-0.4, -0.2) is 35.7 Å². The summed E-state index contributed by atoms with van der Waals surface area (Å²) >= 11 is 0. The van der Waals surface area contributed by atoms with Gasteiger partial charge in [-0.15, -0.1) is 0 Å². The lowest BCUT2D eigenvalue weighted by Gasteiger charge is -2.29. The number of hydrogen-bond acceptors (Lipinski definition) is 5. The van der Waals surface area contributed by atoms with Gasteiger partial charge in [-0.2, -0.15) is 0 Å². The van der Waals surface area contributed by atoms with E-state index < -0.39 is 20.0 Å². The highest BCUT2D eigenvalue weighted by Gasteiger charge is 2.28. The van der Waals surface area contributed by atoms with Crippen LogP contribution in [0.15, 0.2) is 41.3 Å². The predicted octanol–water partition coefficient (Wildman–Crippen LogP) is 3.43. The van der Waals surface area contributed by atoms with Crippen LogP contribution < -0.4 is 13.8 Å². The van der Waals surface area contributed by atoms with Crippen LogP contribution in [0.25, 0.3) is 0 Å². The van der Waals surface area contributed by atoms with Crippen molar-refractivity contribution in [3.63, 3.8) is 0 Å². The third-order valence-corrected chi connectivity index (χ3v) is 8.32. The molecule has 0 unspecified atom stereocenters. The van der Waals surface area contributed by atoms with Crippen LogP contribution in [0.3, 0.4) is 0 Å². The summed E-state index contributed by atoms with van der Waals surface area (Å²) < 4.78 is 60.1. The molecule has 1 N–H and O–H groups in total. The minimum Gasteiger partial charge on any atom is -0.494 e. The van der Waals surface area contributed by atoms with Gasteiger partial charge in [0.25, 0.3) is 10.0 Å². The quantitative estimate of drug-likeness (QED) is 0.746. The highest BCUT2D eigenvalue weighted by atomic mass is 32.2. The number of anilines is 2. The van der Waals surface area contributed by atoms with Gasteiger partial charge in [0.05, 0.1) is 22.9 Å². The van der Waals surface area contributed by atoms with E-state index in [0.29, 0.717) is 47.8 Å². The van der Waals surface area contributed by atoms with E-state index in [4.69, 9.17) is 4.74 Å². The number of sulfonamides is 2. The van der Waals surface area contributed by atoms with E-state index in [1.165, 1.54) is 4.31 Å². The van der Waals surface area contributed by atoms with E-state index in [1.807, 2.05) is 6.92 Å². The number of rotatable bonds is 6. The number of benzene rings is 2. The lowest BCUT2D eigenvalue weighted by molar-refractivity contribution is 0.340. The molecule has 1 heterocycles. The monoisotopic (exact) mass is 438 g/mol. The van der Waals surface area contributed by atoms with Crippen molar-refractivity contribution in [2.24, 2.45) is 0 Å². The molecule has 29 heavy (non-hydrogen) atoms. The fourth-order valence-electron chi connectivity index (χ4n) is 3.57. The Morgan fingerprint density at radius 3 is 2.24 bits per heavy atom. The average Bonchev–Trinajstić information content (AvgIpc) is 2.62. The van der Waals surface area contributed by atoms with Gasteiger partial charge in [0, 0.05) is 12.2 Å². The molecule has 7 nitrogen and oxygen atoms in total. The first-order valence-electron chi connectivity index (χ1n) is 9.51. The number of nitrogens with one attached hydrogen (secondary N) is 1. The van der Waals surface area contributed by atoms with Crippen molar-refractivity contribution in [2.45, 2.75) is 38.5 Å². The molecular formula is C20H26N2O5S2. The Hall–Kier alpha value is -2.26. The van der Waals surface area contributed by atoms with Gasteiger partial charge in [-0.1, -0.05) is 0 Å². The second-order valence-electron chi connectivity index (χ2n) is 7.07. The van der Waals surface area contributed by atoms with Gasteiger partial charge in [0.2, 0.25) is 10.0 Å². The minimum atomic E-state index is -3.83. The largest absolute Gasteiger partial charge is 0.494 e. The molecule has 2 aromatic carbocycles. The fourth-order valence-corrected chi connectivity index (χ4v) is 6.70. The molecule has 1 aliphatic heterocycles. The van der Waals surface area contributed by atoms with Crippen molar-refractivity contribution in [3.8, 4) is 5.75 Å². The molecule has 1 saturated heterocycles. The van der Waals surface area contributed by atoms with Gasteiger partial charge in [-0.05, 0) is 81.1 Å². The molecule has 0 amide bonds. The first-order chi connectivity index (χ1) is 13.6. The molecule has 1 fully saturated rings. The molecule has 0 aromatic heterocycles. The summed E-state index contributed by atoms with van der Waals surface area (Å²) in [6.45, 7) is 6.18. The zero-order chi connectivity index (χ0) is 21.2. The highest BCUT2D eigenvalue weighted by molar-refractivity contribution is 7.93. The lowest BCUT2D eigenvalue weighted by atomic mass is 10.1. The maximum atomic E-state index is 13.0. The van der Waals surface area contributed by atoms with E-state index >= 15 is 0 Å². The molecule has 0 saturated carbocycles. The van der Waals surface area contributed by atoms with Crippen molar-refractivity contribution in [1.29, 1.82) is 0 Å². The van der Waals surface area contributed by atoms with Gasteiger partial charge in [0.15, 0.2) is 0 Å². The second-order valence-corrected chi connectivity index (χ2v) is 10.7. The normalized spacial score (nSPS) is 16.4. The Kier molecular flexibility index (Phi) is 6.09. The van der Waals surface area contributed by atoms with Crippen LogP contribution in [-0.2, 0) is 20.0 Å². The Balaban J connectivity index is 1.91. The van der Waals surface area contributed by atoms with Crippen molar-refractivity contribution in [2.75, 3.05) is 27.9 Å². The fraction of sp³-hybridized carbons (Fsp3) is 0.400. The smallest absolute Gasteiger partial charge is 0.262 e. The molecule has 3 rings (SSSR count). The number of aryl methyl sites for hydroxylation is 2. The zero-order valence-corrected chi connectivity index (χ0v) is 18.4. The van der Waals surface area contributed by atoms with Gasteiger partial charge in [0.1, 0.15) is 5.75 Å². The van der Waals surface area contributed by atoms with Crippen LogP contribution in [0.5, 0.6) is 5.75 Å². The molecule has 0 atom stereocenters. The molecule has 158 valence electrons. The second kappa shape index (κ2) is 8.23. The third kappa shape index (κ3) is 4.67. The van der Waals surface area contributed by atoms with E-state index in [2.05, 4.69) is 4.72 Å². The Morgan fingerprint density at radius 1 is 1.07 bits per heavy atom. The summed E-state index contributed by atoms with van der Waals surface area (Å²) in [6.07, 6.45) is 1.44. The maximum Gasteiger partial charge on any atom is 0.262 e. The average molecular weight is 439 g/mol. The predicted molar refractivity (Wildman–Crippen MR) is 115 cm³/mol. The molecular weight excluding hydrogens is 412 g/mol. The van der Waals surface area contributed by atoms with Gasteiger partial charge >= 0.3 is 0 Å². The van der Waals surface area contributed by atoms with E-state index in [0.717, 1.165) is 6.42 Å². The molecule has 0 bridgehead atoms. The van der Waals surface area contributed by atoms with E-state index in [1.54, 1.807) is 50.2 Å². The summed E-state index contributed by atoms with van der Waals surface area (Å²) in [5.74, 6) is 0.777. The molecule has 0 aliphatic carbocycles. The van der Waals surface area contributed by atoms with Crippen molar-refractivity contribution < 1.29 is 21.6 Å². The minimum absolute atomic E-state index is 0.116. The molecule has 0 radical (unpaired) electrons. The first-order valence-corrected chi connectivity index (χ1v) is 12.6. The molecule has 1 aliphatic rings. The summed E-state index contributed by atoms with van der Waals surface area (Å²) in [5, 5.41) is 0. The summed E-state index contributed by atoms with van der Waals surface area (Å²) in [7, 11) is -7.19. The molecule has 9 heteroatoms. The number of nitrogens with zero attached hydrogens (tertiary/aromatic N) is 1. The van der Waals surface area contributed by atoms with E-state index in [-0.39, 0.29) is 10.6 Å². The van der Waals surface area contributed by atoms with Crippen LogP contribution in [0.4, 0.5) is 11.4 Å². The topological polar surface area (TPSA) is 92.8 Å². The number of hydrogen-bond donors (Lipinski definition) is 1. The third-order valence-electron chi connectivity index (χ3n) is 4.77. The highest BCUT2D eigenvalue weighted by Crippen LogP contribution is 2.31. The SMILES string of the molecule is CCOc1ccc(NS(=O)(=O)c2c(C)cc(N3CCCCS3(=O)=O)cc2C)cc1. The summed E-state index contributed by atoms with van der Waals surface area (Å²) in [4.78, 5) is 0.157. The van der Waals surface area contributed by atoms with Gasteiger partial charge in [-0.3, -0.25) is 9.03 Å². The van der Waals surface area contributed by atoms with Crippen molar-refractivity contribution in [1.82, 2.24) is 0 Å². The van der Waals surface area contributed by atoms with E-state index in [9.17, 15) is 16.8 Å². The molecule has 0 spiro atoms. The Morgan fingerprint density at radius 2 is 1.69 bits per heavy atom. The Labute approximate surface area is 172 Å². The van der Waals surface area contributed by atoms with Crippen LogP contribution >= 0.6 is 0 Å². The maximum absolute atomic E-state index is 13.0. The standard InChI is InChI=1S/C20H26N2O5S2/c1-4-27-19-9-7-17(8-10-19)21-29(25,26)20-15(2)13-18(14-16(20)3)22-11-5-6-12-28(22,23)24/h7-10,13-14,21H,4-6,11-12H2,1-3H3. The van der Waals surface area contributed by atoms with Crippen molar-refractivity contribution >= 4 is 31.4 Å². The van der Waals surface area contributed by atoms with Gasteiger partial charge in [-0.25, -0.2) is 16.8 Å². The van der Waals surface area contributed by atoms with Crippen LogP contribution in [0.2, 0.25) is 0 Å². The molecule has 2 aromatic rings. The van der Waals surface area contributed by atoms with Crippen LogP contribution in [0, 0.1) is 13.8 Å². The van der Waals surface area contributed by atoms with Crippen molar-refractivity contribution in [3.05, 3.63) is 47.5 Å². The summed E-state index contributed by atoms with van der Waals surface area (Å²) in [5.41, 5.74) is 1.94. The Bertz CT molecular complexity index is 1070. The zero-order valence-electron chi connectivity index (χ0n) is 16.8. The van der Waals surface area contributed by atoms with Crippen LogP contribution in [0.1, 0.15) is 30.9 Å².